The maximum absolute atomic E-state index is 11.9. The summed E-state index contributed by atoms with van der Waals surface area (Å²) in [6.45, 7) is 0.657. The molecule has 1 aliphatic heterocycles. The highest BCUT2D eigenvalue weighted by atomic mass is 32.1. The number of carbonyl (C=O) groups excluding carboxylic acids is 1. The van der Waals surface area contributed by atoms with Gasteiger partial charge >= 0.3 is 0 Å². The Balaban J connectivity index is 1.42. The molecule has 1 aliphatic rings. The van der Waals surface area contributed by atoms with Crippen molar-refractivity contribution in [1.82, 2.24) is 0 Å². The molecule has 3 aromatic rings. The first-order valence-electron chi connectivity index (χ1n) is 8.43. The van der Waals surface area contributed by atoms with E-state index in [9.17, 15) is 4.79 Å². The summed E-state index contributed by atoms with van der Waals surface area (Å²) in [5.41, 5.74) is 3.39. The monoisotopic (exact) mass is 349 g/mol. The first kappa shape index (κ1) is 15.9. The summed E-state index contributed by atoms with van der Waals surface area (Å²) >= 11 is 1.70. The molecule has 0 aliphatic carbocycles. The summed E-state index contributed by atoms with van der Waals surface area (Å²) in [5, 5.41) is 4.97. The molecule has 0 unspecified atom stereocenters. The van der Waals surface area contributed by atoms with Crippen LogP contribution in [0, 0.1) is 0 Å². The summed E-state index contributed by atoms with van der Waals surface area (Å²) in [6, 6.07) is 20.5. The maximum atomic E-state index is 11.9. The number of rotatable bonds is 5. The molecule has 25 heavy (non-hydrogen) atoms. The van der Waals surface area contributed by atoms with Crippen LogP contribution >= 0.6 is 11.3 Å². The van der Waals surface area contributed by atoms with E-state index in [-0.39, 0.29) is 11.8 Å². The van der Waals surface area contributed by atoms with Gasteiger partial charge in [0.2, 0.25) is 5.91 Å². The lowest BCUT2D eigenvalue weighted by molar-refractivity contribution is -0.116. The molecule has 1 N–H and O–H groups in total. The molecule has 4 rings (SSSR count). The summed E-state index contributed by atoms with van der Waals surface area (Å²) < 4.78 is 5.85. The molecule has 0 saturated heterocycles. The minimum Gasteiger partial charge on any atom is -0.493 e. The fourth-order valence-electron chi connectivity index (χ4n) is 3.17. The summed E-state index contributed by atoms with van der Waals surface area (Å²) in [5.74, 6) is 1.09. The van der Waals surface area contributed by atoms with Gasteiger partial charge in [-0.25, -0.2) is 0 Å². The Morgan fingerprint density at radius 3 is 2.64 bits per heavy atom. The molecule has 0 fully saturated rings. The number of hydrogen-bond donors (Lipinski definition) is 1. The van der Waals surface area contributed by atoms with E-state index in [1.165, 1.54) is 10.4 Å². The predicted molar refractivity (Wildman–Crippen MR) is 101 cm³/mol. The zero-order chi connectivity index (χ0) is 17.1. The molecule has 2 aromatic carbocycles. The maximum Gasteiger partial charge on any atom is 0.225 e. The van der Waals surface area contributed by atoms with Crippen molar-refractivity contribution in [3.05, 3.63) is 82.0 Å². The first-order valence-corrected chi connectivity index (χ1v) is 9.31. The second kappa shape index (κ2) is 7.11. The minimum absolute atomic E-state index is 0.0825. The number of benzene rings is 2. The van der Waals surface area contributed by atoms with E-state index in [1.54, 1.807) is 11.3 Å². The van der Waals surface area contributed by atoms with E-state index in [0.29, 0.717) is 13.0 Å². The highest BCUT2D eigenvalue weighted by molar-refractivity contribution is 7.10. The highest BCUT2D eigenvalue weighted by Gasteiger charge is 2.27. The molecular weight excluding hydrogens is 330 g/mol. The zero-order valence-electron chi connectivity index (χ0n) is 13.8. The van der Waals surface area contributed by atoms with Crippen molar-refractivity contribution in [2.24, 2.45) is 0 Å². The van der Waals surface area contributed by atoms with Gasteiger partial charge in [-0.3, -0.25) is 4.79 Å². The van der Waals surface area contributed by atoms with Gasteiger partial charge in [-0.05, 0) is 34.7 Å². The summed E-state index contributed by atoms with van der Waals surface area (Å²) in [4.78, 5) is 13.2. The van der Waals surface area contributed by atoms with Gasteiger partial charge in [0, 0.05) is 23.6 Å². The van der Waals surface area contributed by atoms with Gasteiger partial charge in [-0.2, -0.15) is 0 Å². The lowest BCUT2D eigenvalue weighted by Crippen LogP contribution is -2.21. The van der Waals surface area contributed by atoms with Gasteiger partial charge in [0.25, 0.3) is 0 Å². The van der Waals surface area contributed by atoms with Crippen LogP contribution in [-0.2, 0) is 11.2 Å². The first-order chi connectivity index (χ1) is 12.3. The third-order valence-corrected chi connectivity index (χ3v) is 5.49. The topological polar surface area (TPSA) is 38.3 Å². The Hall–Kier alpha value is -2.59. The number of thiophene rings is 1. The van der Waals surface area contributed by atoms with Gasteiger partial charge in [-0.15, -0.1) is 11.3 Å². The van der Waals surface area contributed by atoms with Crippen LogP contribution < -0.4 is 10.1 Å². The van der Waals surface area contributed by atoms with Gasteiger partial charge < -0.3 is 10.1 Å². The van der Waals surface area contributed by atoms with Gasteiger partial charge in [0.05, 0.1) is 12.3 Å². The Kier molecular flexibility index (Phi) is 4.53. The predicted octanol–water partition coefficient (Wildman–Crippen LogP) is 4.84. The Morgan fingerprint density at radius 2 is 1.84 bits per heavy atom. The van der Waals surface area contributed by atoms with Crippen molar-refractivity contribution in [3.8, 4) is 5.75 Å². The molecule has 0 saturated carbocycles. The van der Waals surface area contributed by atoms with Crippen molar-refractivity contribution in [3.63, 3.8) is 0 Å². The quantitative estimate of drug-likeness (QED) is 0.715. The molecule has 0 radical (unpaired) electrons. The molecule has 126 valence electrons. The SMILES string of the molecule is O=C1C[C@H](c2ccc(OCCc3ccccc3)cc2)c2sccc2N1. The smallest absolute Gasteiger partial charge is 0.225 e. The molecule has 3 nitrogen and oxygen atoms in total. The fraction of sp³-hybridized carbons (Fsp3) is 0.190. The van der Waals surface area contributed by atoms with E-state index in [4.69, 9.17) is 4.74 Å². The van der Waals surface area contributed by atoms with Crippen LogP contribution in [0.4, 0.5) is 5.69 Å². The molecule has 1 aromatic heterocycles. The van der Waals surface area contributed by atoms with Crippen LogP contribution in [0.3, 0.4) is 0 Å². The third-order valence-electron chi connectivity index (χ3n) is 4.46. The lowest BCUT2D eigenvalue weighted by atomic mass is 9.91. The molecule has 0 spiro atoms. The van der Waals surface area contributed by atoms with Gasteiger partial charge in [0.1, 0.15) is 5.75 Å². The average Bonchev–Trinajstić information content (AvgIpc) is 3.11. The van der Waals surface area contributed by atoms with Crippen LogP contribution in [0.2, 0.25) is 0 Å². The van der Waals surface area contributed by atoms with Crippen LogP contribution in [0.5, 0.6) is 5.75 Å². The molecule has 2 heterocycles. The van der Waals surface area contributed by atoms with Crippen LogP contribution in [0.15, 0.2) is 66.0 Å². The van der Waals surface area contributed by atoms with Crippen molar-refractivity contribution >= 4 is 22.9 Å². The Bertz CT molecular complexity index is 855. The fourth-order valence-corrected chi connectivity index (χ4v) is 4.15. The van der Waals surface area contributed by atoms with E-state index < -0.39 is 0 Å². The number of nitrogens with one attached hydrogen (secondary N) is 1. The normalized spacial score (nSPS) is 16.2. The number of anilines is 1. The standard InChI is InChI=1S/C21H19NO2S/c23-20-14-18(21-19(22-20)11-13-25-21)16-6-8-17(9-7-16)24-12-10-15-4-2-1-3-5-15/h1-9,11,13,18H,10,12,14H2,(H,22,23)/t18-/m1/s1. The summed E-state index contributed by atoms with van der Waals surface area (Å²) in [7, 11) is 0. The molecule has 1 atom stereocenters. The number of amides is 1. The van der Waals surface area contributed by atoms with Gasteiger partial charge in [-0.1, -0.05) is 42.5 Å². The van der Waals surface area contributed by atoms with Crippen LogP contribution in [0.25, 0.3) is 0 Å². The van der Waals surface area contributed by atoms with Crippen molar-refractivity contribution < 1.29 is 9.53 Å². The summed E-state index contributed by atoms with van der Waals surface area (Å²) in [6.07, 6.45) is 1.39. The zero-order valence-corrected chi connectivity index (χ0v) is 14.6. The minimum atomic E-state index is 0.0825. The van der Waals surface area contributed by atoms with E-state index in [1.807, 2.05) is 41.8 Å². The number of carbonyl (C=O) groups is 1. The Morgan fingerprint density at radius 1 is 1.04 bits per heavy atom. The number of hydrogen-bond acceptors (Lipinski definition) is 3. The number of ether oxygens (including phenoxy) is 1. The number of fused-ring (bicyclic) bond motifs is 1. The van der Waals surface area contributed by atoms with Gasteiger partial charge in [0.15, 0.2) is 0 Å². The van der Waals surface area contributed by atoms with Crippen molar-refractivity contribution in [2.45, 2.75) is 18.8 Å². The van der Waals surface area contributed by atoms with E-state index >= 15 is 0 Å². The molecule has 4 heteroatoms. The third kappa shape index (κ3) is 3.59. The van der Waals surface area contributed by atoms with Crippen LogP contribution in [-0.4, -0.2) is 12.5 Å². The largest absolute Gasteiger partial charge is 0.493 e. The van der Waals surface area contributed by atoms with E-state index in [0.717, 1.165) is 23.4 Å². The van der Waals surface area contributed by atoms with Crippen molar-refractivity contribution in [1.29, 1.82) is 0 Å². The lowest BCUT2D eigenvalue weighted by Gasteiger charge is -2.23. The van der Waals surface area contributed by atoms with E-state index in [2.05, 4.69) is 29.6 Å². The second-order valence-corrected chi connectivity index (χ2v) is 7.10. The average molecular weight is 349 g/mol. The molecular formula is C21H19NO2S. The highest BCUT2D eigenvalue weighted by Crippen LogP contribution is 2.40. The van der Waals surface area contributed by atoms with Crippen LogP contribution in [0.1, 0.15) is 28.3 Å². The molecule has 0 bridgehead atoms. The Labute approximate surface area is 151 Å². The second-order valence-electron chi connectivity index (χ2n) is 6.16. The molecule has 1 amide bonds. The van der Waals surface area contributed by atoms with Crippen molar-refractivity contribution in [2.75, 3.05) is 11.9 Å².